The van der Waals surface area contributed by atoms with Crippen molar-refractivity contribution >= 4 is 11.8 Å². The quantitative estimate of drug-likeness (QED) is 0.677. The third-order valence-electron chi connectivity index (χ3n) is 1.94. The van der Waals surface area contributed by atoms with Crippen LogP contribution in [0.3, 0.4) is 0 Å². The average Bonchev–Trinajstić information content (AvgIpc) is 2.29. The lowest BCUT2D eigenvalue weighted by atomic mass is 10.1. The van der Waals surface area contributed by atoms with Gasteiger partial charge in [0.05, 0.1) is 6.61 Å². The Morgan fingerprint density at radius 1 is 1.31 bits per heavy atom. The van der Waals surface area contributed by atoms with Crippen molar-refractivity contribution in [2.24, 2.45) is 5.73 Å². The van der Waals surface area contributed by atoms with Crippen LogP contribution in [0, 0.1) is 0 Å². The second-order valence-electron chi connectivity index (χ2n) is 3.25. The zero-order valence-corrected chi connectivity index (χ0v) is 8.63. The van der Waals surface area contributed by atoms with Crippen LogP contribution in [-0.4, -0.2) is 36.1 Å². The summed E-state index contributed by atoms with van der Waals surface area (Å²) in [6, 6.07) is 7.54. The molecule has 0 aliphatic rings. The first-order valence-corrected chi connectivity index (χ1v) is 4.75. The Kier molecular flexibility index (Phi) is 4.63. The molecule has 0 unspecified atom stereocenters. The van der Waals surface area contributed by atoms with E-state index in [-0.39, 0.29) is 19.0 Å². The Labute approximate surface area is 92.8 Å². The van der Waals surface area contributed by atoms with E-state index in [4.69, 9.17) is 15.6 Å². The Bertz CT molecular complexity index is 364. The normalized spacial score (nSPS) is 12.1. The fraction of sp³-hybridized carbons (Fsp3) is 0.273. The van der Waals surface area contributed by atoms with E-state index < -0.39 is 12.0 Å². The standard InChI is InChI=1S/C11H13NO4/c12-9(11(14)15)6-16-7-10(13)8-4-2-1-3-5-8/h1-5,9H,6-7,12H2,(H,14,15)/t9-/m0/s1. The predicted molar refractivity (Wildman–Crippen MR) is 57.2 cm³/mol. The summed E-state index contributed by atoms with van der Waals surface area (Å²) < 4.78 is 4.92. The van der Waals surface area contributed by atoms with E-state index in [2.05, 4.69) is 0 Å². The highest BCUT2D eigenvalue weighted by Gasteiger charge is 2.12. The summed E-state index contributed by atoms with van der Waals surface area (Å²) >= 11 is 0. The summed E-state index contributed by atoms with van der Waals surface area (Å²) in [5, 5.41) is 8.47. The molecule has 16 heavy (non-hydrogen) atoms. The molecule has 0 aromatic heterocycles. The Hall–Kier alpha value is -1.72. The Morgan fingerprint density at radius 2 is 1.94 bits per heavy atom. The maximum atomic E-state index is 11.5. The van der Waals surface area contributed by atoms with Crippen molar-refractivity contribution in [1.29, 1.82) is 0 Å². The summed E-state index contributed by atoms with van der Waals surface area (Å²) in [5.74, 6) is -1.34. The molecule has 0 fully saturated rings. The predicted octanol–water partition coefficient (Wildman–Crippen LogP) is 0.298. The van der Waals surface area contributed by atoms with Crippen LogP contribution in [0.4, 0.5) is 0 Å². The van der Waals surface area contributed by atoms with Gasteiger partial charge in [-0.3, -0.25) is 9.59 Å². The molecule has 3 N–H and O–H groups in total. The van der Waals surface area contributed by atoms with Crippen LogP contribution in [0.25, 0.3) is 0 Å². The van der Waals surface area contributed by atoms with E-state index in [0.717, 1.165) is 0 Å². The molecule has 5 nitrogen and oxygen atoms in total. The van der Waals surface area contributed by atoms with Gasteiger partial charge < -0.3 is 15.6 Å². The molecule has 0 aliphatic heterocycles. The number of Topliss-reactive ketones (excluding diaryl/α,β-unsaturated/α-hetero) is 1. The number of benzene rings is 1. The molecule has 0 heterocycles. The lowest BCUT2D eigenvalue weighted by Crippen LogP contribution is -2.35. The number of hydrogen-bond donors (Lipinski definition) is 2. The Morgan fingerprint density at radius 3 is 2.50 bits per heavy atom. The molecule has 0 bridgehead atoms. The molecule has 0 aliphatic carbocycles. The fourth-order valence-electron chi connectivity index (χ4n) is 1.06. The van der Waals surface area contributed by atoms with Gasteiger partial charge in [-0.15, -0.1) is 0 Å². The van der Waals surface area contributed by atoms with Gasteiger partial charge in [-0.05, 0) is 0 Å². The van der Waals surface area contributed by atoms with Crippen molar-refractivity contribution in [3.8, 4) is 0 Å². The number of rotatable bonds is 6. The molecular formula is C11H13NO4. The van der Waals surface area contributed by atoms with Gasteiger partial charge in [0.1, 0.15) is 12.6 Å². The van der Waals surface area contributed by atoms with Gasteiger partial charge >= 0.3 is 5.97 Å². The number of aliphatic carboxylic acids is 1. The van der Waals surface area contributed by atoms with Crippen LogP contribution in [0.5, 0.6) is 0 Å². The Balaban J connectivity index is 2.34. The van der Waals surface area contributed by atoms with E-state index in [1.54, 1.807) is 30.3 Å². The SMILES string of the molecule is N[C@@H](COCC(=O)c1ccccc1)C(=O)O. The molecule has 5 heteroatoms. The molecule has 0 amide bonds. The first-order valence-electron chi connectivity index (χ1n) is 4.75. The summed E-state index contributed by atoms with van der Waals surface area (Å²) in [4.78, 5) is 21.8. The molecule has 1 aromatic carbocycles. The van der Waals surface area contributed by atoms with Gasteiger partial charge in [-0.2, -0.15) is 0 Å². The topological polar surface area (TPSA) is 89.6 Å². The van der Waals surface area contributed by atoms with Crippen LogP contribution >= 0.6 is 0 Å². The molecule has 0 saturated carbocycles. The number of ether oxygens (including phenoxy) is 1. The minimum atomic E-state index is -1.15. The van der Waals surface area contributed by atoms with Crippen molar-refractivity contribution in [1.82, 2.24) is 0 Å². The lowest BCUT2D eigenvalue weighted by molar-refractivity contribution is -0.139. The van der Waals surface area contributed by atoms with Crippen molar-refractivity contribution in [2.45, 2.75) is 6.04 Å². The van der Waals surface area contributed by atoms with Crippen LogP contribution in [0.1, 0.15) is 10.4 Å². The molecule has 0 radical (unpaired) electrons. The number of ketones is 1. The number of hydrogen-bond acceptors (Lipinski definition) is 4. The lowest BCUT2D eigenvalue weighted by Gasteiger charge is -2.06. The van der Waals surface area contributed by atoms with Gasteiger partial charge in [0.25, 0.3) is 0 Å². The third kappa shape index (κ3) is 3.80. The number of carbonyl (C=O) groups is 2. The van der Waals surface area contributed by atoms with Crippen molar-refractivity contribution < 1.29 is 19.4 Å². The van der Waals surface area contributed by atoms with Gasteiger partial charge in [-0.25, -0.2) is 0 Å². The summed E-state index contributed by atoms with van der Waals surface area (Å²) in [7, 11) is 0. The molecule has 0 saturated heterocycles. The number of nitrogens with two attached hydrogens (primary N) is 1. The van der Waals surface area contributed by atoms with Crippen LogP contribution in [0.2, 0.25) is 0 Å². The highest BCUT2D eigenvalue weighted by atomic mass is 16.5. The second kappa shape index (κ2) is 5.99. The second-order valence-corrected chi connectivity index (χ2v) is 3.25. The van der Waals surface area contributed by atoms with E-state index >= 15 is 0 Å². The molecule has 1 aromatic rings. The maximum absolute atomic E-state index is 11.5. The van der Waals surface area contributed by atoms with E-state index in [1.807, 2.05) is 0 Å². The smallest absolute Gasteiger partial charge is 0.322 e. The van der Waals surface area contributed by atoms with Crippen molar-refractivity contribution in [3.05, 3.63) is 35.9 Å². The first-order chi connectivity index (χ1) is 7.61. The average molecular weight is 223 g/mol. The summed E-state index contributed by atoms with van der Waals surface area (Å²) in [6.07, 6.45) is 0. The number of carboxylic acid groups (broad SMARTS) is 1. The van der Waals surface area contributed by atoms with Gasteiger partial charge in [0.2, 0.25) is 0 Å². The molecule has 0 spiro atoms. The van der Waals surface area contributed by atoms with Gasteiger partial charge in [0, 0.05) is 5.56 Å². The maximum Gasteiger partial charge on any atom is 0.322 e. The third-order valence-corrected chi connectivity index (χ3v) is 1.94. The number of carboxylic acids is 1. The highest BCUT2D eigenvalue weighted by Crippen LogP contribution is 2.00. The minimum Gasteiger partial charge on any atom is -0.480 e. The van der Waals surface area contributed by atoms with E-state index in [1.165, 1.54) is 0 Å². The van der Waals surface area contributed by atoms with E-state index in [0.29, 0.717) is 5.56 Å². The highest BCUT2D eigenvalue weighted by molar-refractivity contribution is 5.97. The molecule has 1 atom stereocenters. The molecule has 1 rings (SSSR count). The van der Waals surface area contributed by atoms with E-state index in [9.17, 15) is 9.59 Å². The van der Waals surface area contributed by atoms with Gasteiger partial charge in [-0.1, -0.05) is 30.3 Å². The largest absolute Gasteiger partial charge is 0.480 e. The summed E-state index contributed by atoms with van der Waals surface area (Å²) in [5.41, 5.74) is 5.74. The molecular weight excluding hydrogens is 210 g/mol. The zero-order valence-electron chi connectivity index (χ0n) is 8.63. The van der Waals surface area contributed by atoms with Crippen molar-refractivity contribution in [3.63, 3.8) is 0 Å². The van der Waals surface area contributed by atoms with Crippen LogP contribution in [-0.2, 0) is 9.53 Å². The molecule has 86 valence electrons. The van der Waals surface area contributed by atoms with Crippen LogP contribution in [0.15, 0.2) is 30.3 Å². The summed E-state index contributed by atoms with van der Waals surface area (Å²) in [6.45, 7) is -0.334. The zero-order chi connectivity index (χ0) is 12.0. The minimum absolute atomic E-state index is 0.162. The monoisotopic (exact) mass is 223 g/mol. The van der Waals surface area contributed by atoms with Gasteiger partial charge in [0.15, 0.2) is 5.78 Å². The number of carbonyl (C=O) groups excluding carboxylic acids is 1. The fourth-order valence-corrected chi connectivity index (χ4v) is 1.06. The van der Waals surface area contributed by atoms with Crippen LogP contribution < -0.4 is 5.73 Å². The first kappa shape index (κ1) is 12.4. The van der Waals surface area contributed by atoms with Crippen molar-refractivity contribution in [2.75, 3.05) is 13.2 Å².